The molecule has 3 rings (SSSR count). The van der Waals surface area contributed by atoms with Crippen LogP contribution in [-0.4, -0.2) is 48.1 Å². The SMILES string of the molecule is COCC[C@H]1CN(CCOCc2ccccc2)Cc2ccnn21. The highest BCUT2D eigenvalue weighted by atomic mass is 16.5. The average molecular weight is 315 g/mol. The first-order chi connectivity index (χ1) is 11.4. The second-order valence-corrected chi connectivity index (χ2v) is 5.98. The summed E-state index contributed by atoms with van der Waals surface area (Å²) in [6.07, 6.45) is 2.89. The van der Waals surface area contributed by atoms with Crippen molar-refractivity contribution in [2.45, 2.75) is 25.6 Å². The Morgan fingerprint density at radius 3 is 2.87 bits per heavy atom. The largest absolute Gasteiger partial charge is 0.385 e. The summed E-state index contributed by atoms with van der Waals surface area (Å²) < 4.78 is 13.2. The van der Waals surface area contributed by atoms with Crippen molar-refractivity contribution in [2.75, 3.05) is 33.4 Å². The second kappa shape index (κ2) is 8.24. The molecule has 0 bridgehead atoms. The van der Waals surface area contributed by atoms with Crippen molar-refractivity contribution in [1.82, 2.24) is 14.7 Å². The molecule has 2 heterocycles. The van der Waals surface area contributed by atoms with E-state index < -0.39 is 0 Å². The lowest BCUT2D eigenvalue weighted by atomic mass is 10.1. The van der Waals surface area contributed by atoms with Crippen LogP contribution in [0.2, 0.25) is 0 Å². The van der Waals surface area contributed by atoms with Crippen LogP contribution < -0.4 is 0 Å². The van der Waals surface area contributed by atoms with Crippen molar-refractivity contribution in [3.63, 3.8) is 0 Å². The van der Waals surface area contributed by atoms with Gasteiger partial charge in [-0.2, -0.15) is 5.10 Å². The van der Waals surface area contributed by atoms with Crippen LogP contribution in [0.3, 0.4) is 0 Å². The van der Waals surface area contributed by atoms with E-state index in [2.05, 4.69) is 32.9 Å². The number of methoxy groups -OCH3 is 1. The Bertz CT molecular complexity index is 585. The van der Waals surface area contributed by atoms with Gasteiger partial charge in [0, 0.05) is 39.5 Å². The van der Waals surface area contributed by atoms with Gasteiger partial charge in [0.15, 0.2) is 0 Å². The zero-order valence-electron chi connectivity index (χ0n) is 13.7. The maximum Gasteiger partial charge on any atom is 0.0717 e. The first kappa shape index (κ1) is 16.2. The highest BCUT2D eigenvalue weighted by Gasteiger charge is 2.24. The van der Waals surface area contributed by atoms with Crippen LogP contribution >= 0.6 is 0 Å². The average Bonchev–Trinajstić information content (AvgIpc) is 3.06. The Balaban J connectivity index is 1.47. The lowest BCUT2D eigenvalue weighted by Crippen LogP contribution is -2.39. The minimum atomic E-state index is 0.392. The standard InChI is InChI=1S/C18H25N3O2/c1-22-11-8-18-14-20(13-17-7-9-19-21(17)18)10-12-23-15-16-5-3-2-4-6-16/h2-7,9,18H,8,10-15H2,1H3/t18-/m0/s1. The zero-order valence-corrected chi connectivity index (χ0v) is 13.7. The van der Waals surface area contributed by atoms with Crippen LogP contribution in [0.15, 0.2) is 42.6 Å². The van der Waals surface area contributed by atoms with Crippen molar-refractivity contribution in [2.24, 2.45) is 0 Å². The minimum absolute atomic E-state index is 0.392. The van der Waals surface area contributed by atoms with Gasteiger partial charge in [-0.25, -0.2) is 0 Å². The highest BCUT2D eigenvalue weighted by Crippen LogP contribution is 2.22. The van der Waals surface area contributed by atoms with Gasteiger partial charge >= 0.3 is 0 Å². The van der Waals surface area contributed by atoms with Gasteiger partial charge in [0.25, 0.3) is 0 Å². The van der Waals surface area contributed by atoms with Crippen molar-refractivity contribution in [1.29, 1.82) is 0 Å². The van der Waals surface area contributed by atoms with Gasteiger partial charge in [-0.3, -0.25) is 9.58 Å². The maximum absolute atomic E-state index is 5.82. The van der Waals surface area contributed by atoms with E-state index in [4.69, 9.17) is 9.47 Å². The van der Waals surface area contributed by atoms with Crippen LogP contribution in [0, 0.1) is 0 Å². The molecule has 124 valence electrons. The van der Waals surface area contributed by atoms with Crippen molar-refractivity contribution in [3.05, 3.63) is 53.9 Å². The summed E-state index contributed by atoms with van der Waals surface area (Å²) in [4.78, 5) is 2.45. The third-order valence-corrected chi connectivity index (χ3v) is 4.27. The first-order valence-electron chi connectivity index (χ1n) is 8.22. The van der Waals surface area contributed by atoms with Crippen LogP contribution in [0.4, 0.5) is 0 Å². The van der Waals surface area contributed by atoms with Gasteiger partial charge in [0.2, 0.25) is 0 Å². The molecular weight excluding hydrogens is 290 g/mol. The molecule has 2 aromatic rings. The van der Waals surface area contributed by atoms with Gasteiger partial charge in [-0.05, 0) is 18.1 Å². The quantitative estimate of drug-likeness (QED) is 0.702. The summed E-state index contributed by atoms with van der Waals surface area (Å²) in [7, 11) is 1.75. The molecule has 0 saturated carbocycles. The fourth-order valence-electron chi connectivity index (χ4n) is 3.06. The van der Waals surface area contributed by atoms with Gasteiger partial charge in [-0.15, -0.1) is 0 Å². The Kier molecular flexibility index (Phi) is 5.80. The van der Waals surface area contributed by atoms with E-state index >= 15 is 0 Å². The van der Waals surface area contributed by atoms with Gasteiger partial charge < -0.3 is 9.47 Å². The van der Waals surface area contributed by atoms with E-state index in [1.165, 1.54) is 11.3 Å². The molecule has 1 aliphatic heterocycles. The van der Waals surface area contributed by atoms with Gasteiger partial charge in [0.1, 0.15) is 0 Å². The van der Waals surface area contributed by atoms with E-state index in [0.29, 0.717) is 12.6 Å². The molecule has 5 heteroatoms. The highest BCUT2D eigenvalue weighted by molar-refractivity contribution is 5.13. The lowest BCUT2D eigenvalue weighted by molar-refractivity contribution is 0.0696. The van der Waals surface area contributed by atoms with E-state index in [-0.39, 0.29) is 0 Å². The Morgan fingerprint density at radius 1 is 1.17 bits per heavy atom. The summed E-state index contributed by atoms with van der Waals surface area (Å²) >= 11 is 0. The number of benzene rings is 1. The molecule has 0 N–H and O–H groups in total. The van der Waals surface area contributed by atoms with Gasteiger partial charge in [0.05, 0.1) is 24.9 Å². The van der Waals surface area contributed by atoms with Crippen LogP contribution in [-0.2, 0) is 22.6 Å². The molecule has 1 aliphatic rings. The van der Waals surface area contributed by atoms with Crippen molar-refractivity contribution in [3.8, 4) is 0 Å². The summed E-state index contributed by atoms with van der Waals surface area (Å²) in [6, 6.07) is 12.8. The molecule has 1 aromatic heterocycles. The molecule has 5 nitrogen and oxygen atoms in total. The molecule has 23 heavy (non-hydrogen) atoms. The zero-order chi connectivity index (χ0) is 15.9. The van der Waals surface area contributed by atoms with Crippen LogP contribution in [0.1, 0.15) is 23.7 Å². The summed E-state index contributed by atoms with van der Waals surface area (Å²) in [5, 5.41) is 4.46. The van der Waals surface area contributed by atoms with E-state index in [9.17, 15) is 0 Å². The van der Waals surface area contributed by atoms with E-state index in [1.807, 2.05) is 24.4 Å². The topological polar surface area (TPSA) is 39.5 Å². The van der Waals surface area contributed by atoms with E-state index in [0.717, 1.165) is 39.3 Å². The third-order valence-electron chi connectivity index (χ3n) is 4.27. The number of hydrogen-bond acceptors (Lipinski definition) is 4. The molecule has 1 aromatic carbocycles. The first-order valence-corrected chi connectivity index (χ1v) is 8.22. The number of rotatable bonds is 8. The summed E-state index contributed by atoms with van der Waals surface area (Å²) in [6.45, 7) is 5.09. The molecule has 0 unspecified atom stereocenters. The Hall–Kier alpha value is -1.69. The van der Waals surface area contributed by atoms with Gasteiger partial charge in [-0.1, -0.05) is 30.3 Å². The van der Waals surface area contributed by atoms with Crippen LogP contribution in [0.25, 0.3) is 0 Å². The molecule has 0 aliphatic carbocycles. The van der Waals surface area contributed by atoms with E-state index in [1.54, 1.807) is 7.11 Å². The monoisotopic (exact) mass is 315 g/mol. The maximum atomic E-state index is 5.82. The summed E-state index contributed by atoms with van der Waals surface area (Å²) in [5.74, 6) is 0. The fourth-order valence-corrected chi connectivity index (χ4v) is 3.06. The van der Waals surface area contributed by atoms with Crippen LogP contribution in [0.5, 0.6) is 0 Å². The van der Waals surface area contributed by atoms with Crippen molar-refractivity contribution >= 4 is 0 Å². The Labute approximate surface area is 137 Å². The number of ether oxygens (including phenoxy) is 2. The Morgan fingerprint density at radius 2 is 2.04 bits per heavy atom. The smallest absolute Gasteiger partial charge is 0.0717 e. The molecule has 0 radical (unpaired) electrons. The molecule has 0 fully saturated rings. The number of hydrogen-bond donors (Lipinski definition) is 0. The summed E-state index contributed by atoms with van der Waals surface area (Å²) in [5.41, 5.74) is 2.50. The molecule has 1 atom stereocenters. The lowest BCUT2D eigenvalue weighted by Gasteiger charge is -2.33. The number of aromatic nitrogens is 2. The number of fused-ring (bicyclic) bond motifs is 1. The minimum Gasteiger partial charge on any atom is -0.385 e. The normalized spacial score (nSPS) is 18.0. The molecular formula is C18H25N3O2. The molecule has 0 saturated heterocycles. The number of nitrogens with zero attached hydrogens (tertiary/aromatic N) is 3. The third kappa shape index (κ3) is 4.41. The molecule has 0 amide bonds. The van der Waals surface area contributed by atoms with Crippen molar-refractivity contribution < 1.29 is 9.47 Å². The fraction of sp³-hybridized carbons (Fsp3) is 0.500. The second-order valence-electron chi connectivity index (χ2n) is 5.98. The molecule has 0 spiro atoms. The predicted molar refractivity (Wildman–Crippen MR) is 89.1 cm³/mol. The predicted octanol–water partition coefficient (Wildman–Crippen LogP) is 2.49.